The third-order valence-corrected chi connectivity index (χ3v) is 4.86. The largest absolute Gasteiger partial charge is 0.487 e. The maximum absolute atomic E-state index is 12.7. The summed E-state index contributed by atoms with van der Waals surface area (Å²) in [6.07, 6.45) is 1.73. The number of hydrogen-bond acceptors (Lipinski definition) is 4. The molecule has 0 saturated heterocycles. The highest BCUT2D eigenvalue weighted by Crippen LogP contribution is 2.19. The predicted molar refractivity (Wildman–Crippen MR) is 120 cm³/mol. The van der Waals surface area contributed by atoms with E-state index in [0.29, 0.717) is 30.2 Å². The second-order valence-corrected chi connectivity index (χ2v) is 7.37. The average molecular weight is 412 g/mol. The SMILES string of the molecule is Cc1cc(C)n(Cc2ccc(C(=O)Nc3cccc(OCc4ccccn4)c3)cc2)n1. The highest BCUT2D eigenvalue weighted by Gasteiger charge is 2.08. The van der Waals surface area contributed by atoms with Crippen LogP contribution in [0.25, 0.3) is 0 Å². The van der Waals surface area contributed by atoms with Crippen molar-refractivity contribution in [3.05, 3.63) is 107 Å². The second-order valence-electron chi connectivity index (χ2n) is 7.37. The number of rotatable bonds is 7. The Morgan fingerprint density at radius 1 is 1.00 bits per heavy atom. The summed E-state index contributed by atoms with van der Waals surface area (Å²) < 4.78 is 7.74. The molecule has 0 atom stereocenters. The Labute approximate surface area is 181 Å². The van der Waals surface area contributed by atoms with Gasteiger partial charge in [0.25, 0.3) is 5.91 Å². The van der Waals surface area contributed by atoms with E-state index in [-0.39, 0.29) is 5.91 Å². The topological polar surface area (TPSA) is 69.0 Å². The van der Waals surface area contributed by atoms with Gasteiger partial charge in [-0.25, -0.2) is 0 Å². The molecule has 6 nitrogen and oxygen atoms in total. The van der Waals surface area contributed by atoms with Crippen LogP contribution < -0.4 is 10.1 Å². The first-order valence-corrected chi connectivity index (χ1v) is 10.1. The summed E-state index contributed by atoms with van der Waals surface area (Å²) in [6, 6.07) is 22.7. The molecule has 0 aliphatic rings. The van der Waals surface area contributed by atoms with Crippen molar-refractivity contribution >= 4 is 11.6 Å². The predicted octanol–water partition coefficient (Wildman–Crippen LogP) is 4.77. The number of pyridine rings is 1. The normalized spacial score (nSPS) is 10.6. The van der Waals surface area contributed by atoms with E-state index in [4.69, 9.17) is 4.74 Å². The number of carbonyl (C=O) groups excluding carboxylic acids is 1. The smallest absolute Gasteiger partial charge is 0.255 e. The minimum Gasteiger partial charge on any atom is -0.487 e. The van der Waals surface area contributed by atoms with Crippen molar-refractivity contribution in [2.24, 2.45) is 0 Å². The molecular weight excluding hydrogens is 388 g/mol. The van der Waals surface area contributed by atoms with Crippen LogP contribution in [0.15, 0.2) is 79.0 Å². The van der Waals surface area contributed by atoms with Crippen molar-refractivity contribution in [2.45, 2.75) is 27.0 Å². The number of hydrogen-bond donors (Lipinski definition) is 1. The number of anilines is 1. The van der Waals surface area contributed by atoms with Crippen molar-refractivity contribution in [3.63, 3.8) is 0 Å². The molecule has 0 saturated carbocycles. The van der Waals surface area contributed by atoms with Gasteiger partial charge >= 0.3 is 0 Å². The number of carbonyl (C=O) groups is 1. The van der Waals surface area contributed by atoms with Gasteiger partial charge in [0.15, 0.2) is 0 Å². The number of nitrogens with one attached hydrogen (secondary N) is 1. The lowest BCUT2D eigenvalue weighted by atomic mass is 10.1. The summed E-state index contributed by atoms with van der Waals surface area (Å²) in [5.74, 6) is 0.503. The summed E-state index contributed by atoms with van der Waals surface area (Å²) in [4.78, 5) is 16.9. The average Bonchev–Trinajstić information content (AvgIpc) is 3.10. The van der Waals surface area contributed by atoms with Gasteiger partial charge in [-0.1, -0.05) is 24.3 Å². The summed E-state index contributed by atoms with van der Waals surface area (Å²) in [6.45, 7) is 5.07. The first-order valence-electron chi connectivity index (χ1n) is 10.1. The Hall–Kier alpha value is -3.93. The molecule has 4 aromatic rings. The minimum absolute atomic E-state index is 0.167. The van der Waals surface area contributed by atoms with Crippen LogP contribution in [0.5, 0.6) is 5.75 Å². The van der Waals surface area contributed by atoms with E-state index in [1.807, 2.05) is 79.2 Å². The van der Waals surface area contributed by atoms with Crippen LogP contribution in [-0.2, 0) is 13.2 Å². The van der Waals surface area contributed by atoms with Gasteiger partial charge in [-0.05, 0) is 61.9 Å². The van der Waals surface area contributed by atoms with E-state index in [9.17, 15) is 4.79 Å². The number of benzene rings is 2. The summed E-state index contributed by atoms with van der Waals surface area (Å²) in [5, 5.41) is 7.41. The Balaban J connectivity index is 1.37. The molecule has 1 N–H and O–H groups in total. The molecule has 0 spiro atoms. The number of amides is 1. The highest BCUT2D eigenvalue weighted by atomic mass is 16.5. The third kappa shape index (κ3) is 5.36. The van der Waals surface area contributed by atoms with Crippen LogP contribution in [-0.4, -0.2) is 20.7 Å². The first-order chi connectivity index (χ1) is 15.1. The van der Waals surface area contributed by atoms with E-state index in [2.05, 4.69) is 21.5 Å². The Morgan fingerprint density at radius 3 is 2.55 bits per heavy atom. The zero-order valence-electron chi connectivity index (χ0n) is 17.6. The molecular formula is C25H24N4O2. The van der Waals surface area contributed by atoms with Crippen LogP contribution in [0.4, 0.5) is 5.69 Å². The molecule has 1 amide bonds. The highest BCUT2D eigenvalue weighted by molar-refractivity contribution is 6.04. The Morgan fingerprint density at radius 2 is 1.84 bits per heavy atom. The maximum atomic E-state index is 12.7. The van der Waals surface area contributed by atoms with Gasteiger partial charge in [0.05, 0.1) is 17.9 Å². The molecule has 2 aromatic carbocycles. The Bertz CT molecular complexity index is 1170. The van der Waals surface area contributed by atoms with Crippen LogP contribution in [0.1, 0.15) is 33.0 Å². The quantitative estimate of drug-likeness (QED) is 0.475. The monoisotopic (exact) mass is 412 g/mol. The molecule has 0 aliphatic carbocycles. The molecule has 0 aliphatic heterocycles. The van der Waals surface area contributed by atoms with Crippen molar-refractivity contribution in [3.8, 4) is 5.75 Å². The van der Waals surface area contributed by atoms with Crippen LogP contribution >= 0.6 is 0 Å². The fraction of sp³-hybridized carbons (Fsp3) is 0.160. The van der Waals surface area contributed by atoms with E-state index >= 15 is 0 Å². The van der Waals surface area contributed by atoms with E-state index < -0.39 is 0 Å². The second kappa shape index (κ2) is 9.26. The van der Waals surface area contributed by atoms with Gasteiger partial charge in [-0.2, -0.15) is 5.10 Å². The molecule has 6 heteroatoms. The lowest BCUT2D eigenvalue weighted by Gasteiger charge is -2.10. The van der Waals surface area contributed by atoms with Crippen LogP contribution in [0.2, 0.25) is 0 Å². The van der Waals surface area contributed by atoms with Crippen molar-refractivity contribution < 1.29 is 9.53 Å². The fourth-order valence-electron chi connectivity index (χ4n) is 3.28. The van der Waals surface area contributed by atoms with Crippen LogP contribution in [0.3, 0.4) is 0 Å². The number of aromatic nitrogens is 3. The molecule has 4 rings (SSSR count). The van der Waals surface area contributed by atoms with Gasteiger partial charge in [-0.15, -0.1) is 0 Å². The summed E-state index contributed by atoms with van der Waals surface area (Å²) in [7, 11) is 0. The lowest BCUT2D eigenvalue weighted by molar-refractivity contribution is 0.102. The summed E-state index contributed by atoms with van der Waals surface area (Å²) in [5.41, 5.74) is 5.32. The molecule has 0 unspecified atom stereocenters. The molecule has 2 heterocycles. The van der Waals surface area contributed by atoms with E-state index in [0.717, 1.165) is 22.6 Å². The van der Waals surface area contributed by atoms with Gasteiger partial charge in [0.1, 0.15) is 12.4 Å². The van der Waals surface area contributed by atoms with E-state index in [1.54, 1.807) is 12.3 Å². The Kier molecular flexibility index (Phi) is 6.08. The van der Waals surface area contributed by atoms with E-state index in [1.165, 1.54) is 0 Å². The third-order valence-electron chi connectivity index (χ3n) is 4.86. The van der Waals surface area contributed by atoms with Crippen molar-refractivity contribution in [2.75, 3.05) is 5.32 Å². The zero-order valence-corrected chi connectivity index (χ0v) is 17.6. The maximum Gasteiger partial charge on any atom is 0.255 e. The van der Waals surface area contributed by atoms with Crippen molar-refractivity contribution in [1.82, 2.24) is 14.8 Å². The standard InChI is InChI=1S/C25H24N4O2/c1-18-14-19(2)29(28-18)16-20-9-11-21(12-10-20)25(30)27-22-7-5-8-24(15-22)31-17-23-6-3-4-13-26-23/h3-15H,16-17H2,1-2H3,(H,27,30). The van der Waals surface area contributed by atoms with Gasteiger partial charge in [0, 0.05) is 29.2 Å². The molecule has 156 valence electrons. The number of nitrogens with zero attached hydrogens (tertiary/aromatic N) is 3. The fourth-order valence-corrected chi connectivity index (χ4v) is 3.28. The molecule has 2 aromatic heterocycles. The lowest BCUT2D eigenvalue weighted by Crippen LogP contribution is -2.12. The number of aryl methyl sites for hydroxylation is 2. The molecule has 0 fully saturated rings. The van der Waals surface area contributed by atoms with Gasteiger partial charge < -0.3 is 10.1 Å². The zero-order chi connectivity index (χ0) is 21.6. The van der Waals surface area contributed by atoms with Crippen LogP contribution in [0, 0.1) is 13.8 Å². The van der Waals surface area contributed by atoms with Gasteiger partial charge in [0.2, 0.25) is 0 Å². The van der Waals surface area contributed by atoms with Gasteiger partial charge in [-0.3, -0.25) is 14.5 Å². The minimum atomic E-state index is -0.167. The molecule has 0 bridgehead atoms. The summed E-state index contributed by atoms with van der Waals surface area (Å²) >= 11 is 0. The first kappa shape index (κ1) is 20.3. The number of ether oxygens (including phenoxy) is 1. The molecule has 0 radical (unpaired) electrons. The molecule has 31 heavy (non-hydrogen) atoms. The van der Waals surface area contributed by atoms with Crippen molar-refractivity contribution in [1.29, 1.82) is 0 Å².